The van der Waals surface area contributed by atoms with Gasteiger partial charge < -0.3 is 13.7 Å². The fourth-order valence-corrected chi connectivity index (χ4v) is 9.34. The Kier molecular flexibility index (Phi) is 8.83. The zero-order valence-electron chi connectivity index (χ0n) is 34.3. The highest BCUT2D eigenvalue weighted by atomic mass is 16.3. The molecule has 63 heavy (non-hydrogen) atoms. The number of benzene rings is 10. The maximum absolute atomic E-state index is 6.50. The molecule has 2 aromatic heterocycles. The van der Waals surface area contributed by atoms with Crippen LogP contribution in [0.3, 0.4) is 0 Å². The first-order valence-electron chi connectivity index (χ1n) is 21.4. The van der Waals surface area contributed by atoms with E-state index < -0.39 is 0 Å². The number of hydrogen-bond acceptors (Lipinski definition) is 3. The van der Waals surface area contributed by atoms with E-state index in [2.05, 4.69) is 217 Å². The molecule has 0 bridgehead atoms. The van der Waals surface area contributed by atoms with Gasteiger partial charge in [-0.25, -0.2) is 0 Å². The summed E-state index contributed by atoms with van der Waals surface area (Å²) in [4.78, 5) is 2.36. The number of fused-ring (bicyclic) bond motifs is 6. The Balaban J connectivity index is 1.00. The summed E-state index contributed by atoms with van der Waals surface area (Å²) < 4.78 is 13.0. The predicted octanol–water partition coefficient (Wildman–Crippen LogP) is 17.3. The van der Waals surface area contributed by atoms with Gasteiger partial charge in [-0.3, -0.25) is 0 Å². The van der Waals surface area contributed by atoms with Crippen molar-refractivity contribution in [3.05, 3.63) is 237 Å². The number of furan rings is 2. The van der Waals surface area contributed by atoms with Gasteiger partial charge in [0.25, 0.3) is 0 Å². The molecule has 0 N–H and O–H groups in total. The van der Waals surface area contributed by atoms with Crippen LogP contribution in [0.5, 0.6) is 0 Å². The Bertz CT molecular complexity index is 3620. The van der Waals surface area contributed by atoms with Crippen molar-refractivity contribution in [1.82, 2.24) is 0 Å². The molecule has 0 unspecified atom stereocenters. The molecule has 296 valence electrons. The molecule has 12 aromatic rings. The molecule has 0 saturated heterocycles. The second-order valence-electron chi connectivity index (χ2n) is 16.0. The van der Waals surface area contributed by atoms with Gasteiger partial charge in [0, 0.05) is 50.1 Å². The van der Waals surface area contributed by atoms with Crippen molar-refractivity contribution in [1.29, 1.82) is 0 Å². The van der Waals surface area contributed by atoms with Gasteiger partial charge >= 0.3 is 0 Å². The molecule has 12 rings (SSSR count). The van der Waals surface area contributed by atoms with Crippen LogP contribution < -0.4 is 4.90 Å². The van der Waals surface area contributed by atoms with Crippen LogP contribution in [0.4, 0.5) is 17.1 Å². The topological polar surface area (TPSA) is 29.5 Å². The molecule has 0 aliphatic rings. The van der Waals surface area contributed by atoms with Crippen molar-refractivity contribution in [2.24, 2.45) is 0 Å². The molecule has 10 aromatic carbocycles. The summed E-state index contributed by atoms with van der Waals surface area (Å²) in [6, 6.07) is 84.1. The quantitative estimate of drug-likeness (QED) is 0.153. The highest BCUT2D eigenvalue weighted by molar-refractivity contribution is 6.10. The van der Waals surface area contributed by atoms with Gasteiger partial charge in [-0.15, -0.1) is 0 Å². The number of rotatable bonds is 8. The summed E-state index contributed by atoms with van der Waals surface area (Å²) in [6.45, 7) is 0. The van der Waals surface area contributed by atoms with E-state index in [1.54, 1.807) is 0 Å². The van der Waals surface area contributed by atoms with Crippen LogP contribution >= 0.6 is 0 Å². The zero-order valence-corrected chi connectivity index (χ0v) is 34.3. The third-order valence-corrected chi connectivity index (χ3v) is 12.3. The van der Waals surface area contributed by atoms with Crippen molar-refractivity contribution in [2.75, 3.05) is 4.90 Å². The van der Waals surface area contributed by atoms with Crippen LogP contribution in [0.25, 0.3) is 99.5 Å². The van der Waals surface area contributed by atoms with Gasteiger partial charge in [-0.05, 0) is 87.0 Å². The highest BCUT2D eigenvalue weighted by Crippen LogP contribution is 2.47. The Morgan fingerprint density at radius 1 is 0.254 bits per heavy atom. The van der Waals surface area contributed by atoms with Crippen molar-refractivity contribution >= 4 is 60.9 Å². The second kappa shape index (κ2) is 15.3. The van der Waals surface area contributed by atoms with E-state index in [1.165, 1.54) is 27.8 Å². The maximum atomic E-state index is 6.50. The first-order valence-corrected chi connectivity index (χ1v) is 21.4. The standard InChI is InChI=1S/C60H39NO2/c1-2-15-40(16-3-1)41-29-31-42(32-30-41)46-17-4-5-18-48(46)49-19-6-7-20-50(49)51-21-8-11-26-56(51)61(45-37-38-54-52-22-9-12-27-57(52)62-59(54)39-45)44-35-33-43(34-36-44)47-24-14-25-55-53-23-10-13-28-58(53)63-60(47)55/h1-39H. The van der Waals surface area contributed by atoms with Gasteiger partial charge in [0.2, 0.25) is 0 Å². The van der Waals surface area contributed by atoms with E-state index >= 15 is 0 Å². The average molecular weight is 806 g/mol. The minimum atomic E-state index is 0.844. The second-order valence-corrected chi connectivity index (χ2v) is 16.0. The molecule has 0 aliphatic heterocycles. The fraction of sp³-hybridized carbons (Fsp3) is 0. The van der Waals surface area contributed by atoms with Crippen molar-refractivity contribution in [2.45, 2.75) is 0 Å². The lowest BCUT2D eigenvalue weighted by molar-refractivity contribution is 0.669. The Hall–Kier alpha value is -8.40. The third-order valence-electron chi connectivity index (χ3n) is 12.3. The van der Waals surface area contributed by atoms with Crippen molar-refractivity contribution < 1.29 is 8.83 Å². The van der Waals surface area contributed by atoms with Gasteiger partial charge in [0.15, 0.2) is 0 Å². The van der Waals surface area contributed by atoms with Crippen LogP contribution in [0.2, 0.25) is 0 Å². The van der Waals surface area contributed by atoms with E-state index in [0.717, 1.165) is 88.8 Å². The molecule has 0 spiro atoms. The van der Waals surface area contributed by atoms with Crippen molar-refractivity contribution in [3.63, 3.8) is 0 Å². The monoisotopic (exact) mass is 805 g/mol. The molecule has 0 radical (unpaired) electrons. The van der Waals surface area contributed by atoms with Crippen LogP contribution in [-0.2, 0) is 0 Å². The van der Waals surface area contributed by atoms with Crippen LogP contribution in [-0.4, -0.2) is 0 Å². The molecular formula is C60H39NO2. The van der Waals surface area contributed by atoms with Crippen molar-refractivity contribution in [3.8, 4) is 55.6 Å². The number of para-hydroxylation sites is 4. The van der Waals surface area contributed by atoms with E-state index in [4.69, 9.17) is 8.83 Å². The molecular weight excluding hydrogens is 767 g/mol. The minimum Gasteiger partial charge on any atom is -0.456 e. The fourth-order valence-electron chi connectivity index (χ4n) is 9.34. The van der Waals surface area contributed by atoms with E-state index in [0.29, 0.717) is 0 Å². The summed E-state index contributed by atoms with van der Waals surface area (Å²) >= 11 is 0. The van der Waals surface area contributed by atoms with Gasteiger partial charge in [0.1, 0.15) is 22.3 Å². The summed E-state index contributed by atoms with van der Waals surface area (Å²) in [5, 5.41) is 4.44. The lowest BCUT2D eigenvalue weighted by Gasteiger charge is -2.28. The third kappa shape index (κ3) is 6.38. The smallest absolute Gasteiger partial charge is 0.143 e. The molecule has 0 atom stereocenters. The Morgan fingerprint density at radius 3 is 1.46 bits per heavy atom. The highest BCUT2D eigenvalue weighted by Gasteiger charge is 2.22. The van der Waals surface area contributed by atoms with Gasteiger partial charge in [-0.1, -0.05) is 188 Å². The first-order chi connectivity index (χ1) is 31.2. The molecule has 0 fully saturated rings. The molecule has 0 saturated carbocycles. The summed E-state index contributed by atoms with van der Waals surface area (Å²) in [6.07, 6.45) is 0. The zero-order chi connectivity index (χ0) is 41.7. The molecule has 3 nitrogen and oxygen atoms in total. The van der Waals surface area contributed by atoms with Gasteiger partial charge in [-0.2, -0.15) is 0 Å². The minimum absolute atomic E-state index is 0.844. The molecule has 3 heteroatoms. The Morgan fingerprint density at radius 2 is 0.714 bits per heavy atom. The van der Waals surface area contributed by atoms with E-state index in [9.17, 15) is 0 Å². The Labute approximate surface area is 365 Å². The largest absolute Gasteiger partial charge is 0.456 e. The van der Waals surface area contributed by atoms with Crippen LogP contribution in [0.15, 0.2) is 245 Å². The number of anilines is 3. The maximum Gasteiger partial charge on any atom is 0.143 e. The number of hydrogen-bond donors (Lipinski definition) is 0. The summed E-state index contributed by atoms with van der Waals surface area (Å²) in [5.41, 5.74) is 18.1. The SMILES string of the molecule is c1ccc(-c2ccc(-c3ccccc3-c3ccccc3-c3ccccc3N(c3ccc(-c4cccc5c4oc4ccccc45)cc3)c3ccc4c(c3)oc3ccccc34)cc2)cc1. The molecule has 0 amide bonds. The normalized spacial score (nSPS) is 11.5. The lowest BCUT2D eigenvalue weighted by atomic mass is 9.88. The summed E-state index contributed by atoms with van der Waals surface area (Å²) in [5.74, 6) is 0. The van der Waals surface area contributed by atoms with Crippen LogP contribution in [0.1, 0.15) is 0 Å². The summed E-state index contributed by atoms with van der Waals surface area (Å²) in [7, 11) is 0. The van der Waals surface area contributed by atoms with E-state index in [1.807, 2.05) is 24.3 Å². The van der Waals surface area contributed by atoms with Crippen LogP contribution in [0, 0.1) is 0 Å². The van der Waals surface area contributed by atoms with Gasteiger partial charge in [0.05, 0.1) is 5.69 Å². The predicted molar refractivity (Wildman–Crippen MR) is 263 cm³/mol. The average Bonchev–Trinajstić information content (AvgIpc) is 3.93. The van der Waals surface area contributed by atoms with E-state index in [-0.39, 0.29) is 0 Å². The first kappa shape index (κ1) is 36.5. The molecule has 0 aliphatic carbocycles. The lowest BCUT2D eigenvalue weighted by Crippen LogP contribution is -2.11. The number of nitrogens with zero attached hydrogens (tertiary/aromatic N) is 1. The molecule has 2 heterocycles.